The number of alkyl halides is 3. The number of hydrogen-bond donors (Lipinski definition) is 0. The first-order valence-corrected chi connectivity index (χ1v) is 6.92. The van der Waals surface area contributed by atoms with Gasteiger partial charge in [-0.2, -0.15) is 13.2 Å². The zero-order valence-electron chi connectivity index (χ0n) is 10.6. The van der Waals surface area contributed by atoms with Crippen molar-refractivity contribution in [3.63, 3.8) is 0 Å². The van der Waals surface area contributed by atoms with Crippen molar-refractivity contribution in [2.45, 2.75) is 13.1 Å². The van der Waals surface area contributed by atoms with Crippen LogP contribution in [0, 0.1) is 6.92 Å². The first-order valence-electron chi connectivity index (χ1n) is 5.75. The highest BCUT2D eigenvalue weighted by atomic mass is 79.9. The highest BCUT2D eigenvalue weighted by Gasteiger charge is 2.33. The number of nitrogens with zero attached hydrogens (tertiary/aromatic N) is 1. The van der Waals surface area contributed by atoms with Gasteiger partial charge >= 0.3 is 6.18 Å². The average Bonchev–Trinajstić information content (AvgIpc) is 2.40. The van der Waals surface area contributed by atoms with Gasteiger partial charge in [-0.25, -0.2) is 4.98 Å². The molecular formula is C14H8BrClF3NO. The van der Waals surface area contributed by atoms with E-state index >= 15 is 0 Å². The van der Waals surface area contributed by atoms with E-state index in [9.17, 15) is 18.0 Å². The van der Waals surface area contributed by atoms with Crippen LogP contribution >= 0.6 is 27.5 Å². The molecule has 0 radical (unpaired) electrons. The fourth-order valence-electron chi connectivity index (χ4n) is 1.76. The molecule has 1 heterocycles. The number of aromatic nitrogens is 1. The predicted octanol–water partition coefficient (Wildman–Crippen LogP) is 5.06. The molecule has 0 aliphatic carbocycles. The van der Waals surface area contributed by atoms with E-state index in [1.807, 2.05) is 0 Å². The summed E-state index contributed by atoms with van der Waals surface area (Å²) in [6.07, 6.45) is -4.60. The maximum Gasteiger partial charge on any atom is 0.433 e. The Bertz CT molecular complexity index is 716. The highest BCUT2D eigenvalue weighted by Crippen LogP contribution is 2.30. The van der Waals surface area contributed by atoms with Crippen LogP contribution in [0.5, 0.6) is 0 Å². The molecule has 110 valence electrons. The molecule has 7 heteroatoms. The number of benzene rings is 1. The van der Waals surface area contributed by atoms with E-state index in [0.29, 0.717) is 11.1 Å². The normalized spacial score (nSPS) is 11.5. The van der Waals surface area contributed by atoms with Crippen LogP contribution < -0.4 is 0 Å². The molecule has 0 saturated heterocycles. The van der Waals surface area contributed by atoms with Crippen molar-refractivity contribution in [1.29, 1.82) is 0 Å². The minimum absolute atomic E-state index is 0.0640. The van der Waals surface area contributed by atoms with Crippen LogP contribution in [0.3, 0.4) is 0 Å². The van der Waals surface area contributed by atoms with Gasteiger partial charge in [0.05, 0.1) is 5.56 Å². The molecule has 2 aromatic rings. The lowest BCUT2D eigenvalue weighted by atomic mass is 10.00. The Hall–Kier alpha value is -1.40. The summed E-state index contributed by atoms with van der Waals surface area (Å²) in [5, 5.41) is -0.464. The molecule has 0 spiro atoms. The molecule has 1 aromatic carbocycles. The Kier molecular flexibility index (Phi) is 4.39. The first kappa shape index (κ1) is 16.0. The summed E-state index contributed by atoms with van der Waals surface area (Å²) in [6, 6.07) is 6.79. The summed E-state index contributed by atoms with van der Waals surface area (Å²) in [7, 11) is 0. The number of ketones is 1. The Balaban J connectivity index is 2.48. The van der Waals surface area contributed by atoms with Crippen molar-refractivity contribution in [2.75, 3.05) is 0 Å². The highest BCUT2D eigenvalue weighted by molar-refractivity contribution is 9.10. The summed E-state index contributed by atoms with van der Waals surface area (Å²) in [5.41, 5.74) is -0.160. The van der Waals surface area contributed by atoms with Crippen molar-refractivity contribution < 1.29 is 18.0 Å². The maximum atomic E-state index is 12.5. The van der Waals surface area contributed by atoms with Crippen molar-refractivity contribution in [2.24, 2.45) is 0 Å². The summed E-state index contributed by atoms with van der Waals surface area (Å²) in [6.45, 7) is 1.72. The van der Waals surface area contributed by atoms with Crippen LogP contribution in [0.4, 0.5) is 13.2 Å². The third-order valence-electron chi connectivity index (χ3n) is 2.90. The molecule has 0 aliphatic heterocycles. The lowest BCUT2D eigenvalue weighted by Crippen LogP contribution is -2.11. The zero-order chi connectivity index (χ0) is 15.8. The van der Waals surface area contributed by atoms with Crippen molar-refractivity contribution in [1.82, 2.24) is 4.98 Å². The lowest BCUT2D eigenvalue weighted by molar-refractivity contribution is -0.141. The molecule has 2 rings (SSSR count). The maximum absolute atomic E-state index is 12.5. The van der Waals surface area contributed by atoms with Crippen LogP contribution in [0.25, 0.3) is 0 Å². The molecule has 0 amide bonds. The molecule has 21 heavy (non-hydrogen) atoms. The fraction of sp³-hybridized carbons (Fsp3) is 0.143. The van der Waals surface area contributed by atoms with E-state index in [1.54, 1.807) is 25.1 Å². The molecule has 0 bridgehead atoms. The van der Waals surface area contributed by atoms with E-state index in [0.717, 1.165) is 16.6 Å². The van der Waals surface area contributed by atoms with Crippen molar-refractivity contribution in [3.05, 3.63) is 62.3 Å². The Morgan fingerprint density at radius 1 is 1.19 bits per heavy atom. The van der Waals surface area contributed by atoms with Gasteiger partial charge in [0.1, 0.15) is 10.8 Å². The molecule has 1 aromatic heterocycles. The van der Waals surface area contributed by atoms with Crippen molar-refractivity contribution in [3.8, 4) is 0 Å². The smallest absolute Gasteiger partial charge is 0.288 e. The topological polar surface area (TPSA) is 30.0 Å². The predicted molar refractivity (Wildman–Crippen MR) is 76.6 cm³/mol. The fourth-order valence-corrected chi connectivity index (χ4v) is 2.37. The van der Waals surface area contributed by atoms with E-state index in [1.165, 1.54) is 0 Å². The third-order valence-corrected chi connectivity index (χ3v) is 4.04. The Morgan fingerprint density at radius 3 is 2.43 bits per heavy atom. The van der Waals surface area contributed by atoms with E-state index in [-0.39, 0.29) is 5.56 Å². The molecule has 0 N–H and O–H groups in total. The van der Waals surface area contributed by atoms with Gasteiger partial charge in [0.25, 0.3) is 0 Å². The third kappa shape index (κ3) is 3.27. The number of carbonyl (C=O) groups excluding carboxylic acids is 1. The summed E-state index contributed by atoms with van der Waals surface area (Å²) < 4.78 is 38.3. The van der Waals surface area contributed by atoms with Crippen LogP contribution in [0.2, 0.25) is 5.15 Å². The second kappa shape index (κ2) is 5.77. The number of rotatable bonds is 2. The zero-order valence-corrected chi connectivity index (χ0v) is 13.0. The van der Waals surface area contributed by atoms with Gasteiger partial charge in [-0.1, -0.05) is 39.7 Å². The number of halogens is 5. The molecule has 0 aliphatic rings. The van der Waals surface area contributed by atoms with Crippen LogP contribution in [0.15, 0.2) is 34.8 Å². The SMILES string of the molecule is Cc1c(Br)cccc1C(=O)c1ccc(C(F)(F)F)nc1Cl. The second-order valence-corrected chi connectivity index (χ2v) is 5.49. The molecule has 0 atom stereocenters. The van der Waals surface area contributed by atoms with Gasteiger partial charge in [0, 0.05) is 10.0 Å². The first-order chi connectivity index (χ1) is 9.71. The Labute approximate surface area is 132 Å². The summed E-state index contributed by atoms with van der Waals surface area (Å²) in [4.78, 5) is 15.6. The van der Waals surface area contributed by atoms with Crippen LogP contribution in [-0.2, 0) is 6.18 Å². The summed E-state index contributed by atoms with van der Waals surface area (Å²) in [5.74, 6) is -0.472. The largest absolute Gasteiger partial charge is 0.433 e. The standard InChI is InChI=1S/C14H8BrClF3NO/c1-7-8(3-2-4-10(7)15)12(21)9-5-6-11(14(17,18)19)20-13(9)16/h2-6H,1H3. The van der Waals surface area contributed by atoms with Gasteiger partial charge in [-0.05, 0) is 30.7 Å². The number of hydrogen-bond acceptors (Lipinski definition) is 2. The Morgan fingerprint density at radius 2 is 1.86 bits per heavy atom. The molecule has 0 fully saturated rings. The van der Waals surface area contributed by atoms with Gasteiger partial charge < -0.3 is 0 Å². The van der Waals surface area contributed by atoms with Gasteiger partial charge in [0.2, 0.25) is 0 Å². The minimum atomic E-state index is -4.60. The van der Waals surface area contributed by atoms with E-state index in [4.69, 9.17) is 11.6 Å². The van der Waals surface area contributed by atoms with Crippen LogP contribution in [0.1, 0.15) is 27.2 Å². The molecule has 0 unspecified atom stereocenters. The summed E-state index contributed by atoms with van der Waals surface area (Å²) >= 11 is 9.02. The molecular weight excluding hydrogens is 371 g/mol. The van der Waals surface area contributed by atoms with Gasteiger partial charge in [-0.15, -0.1) is 0 Å². The average molecular weight is 379 g/mol. The minimum Gasteiger partial charge on any atom is -0.288 e. The second-order valence-electron chi connectivity index (χ2n) is 4.27. The molecule has 2 nitrogen and oxygen atoms in total. The van der Waals surface area contributed by atoms with Gasteiger partial charge in [-0.3, -0.25) is 4.79 Å². The monoisotopic (exact) mass is 377 g/mol. The van der Waals surface area contributed by atoms with E-state index < -0.39 is 22.8 Å². The quantitative estimate of drug-likeness (QED) is 0.540. The lowest BCUT2D eigenvalue weighted by Gasteiger charge is -2.10. The van der Waals surface area contributed by atoms with Gasteiger partial charge in [0.15, 0.2) is 5.78 Å². The van der Waals surface area contributed by atoms with E-state index in [2.05, 4.69) is 20.9 Å². The van der Waals surface area contributed by atoms with Crippen LogP contribution in [-0.4, -0.2) is 10.8 Å². The van der Waals surface area contributed by atoms with Crippen molar-refractivity contribution >= 4 is 33.3 Å². The molecule has 0 saturated carbocycles. The number of carbonyl (C=O) groups is 1. The number of pyridine rings is 1.